The van der Waals surface area contributed by atoms with Gasteiger partial charge in [-0.2, -0.15) is 0 Å². The van der Waals surface area contributed by atoms with E-state index in [1.54, 1.807) is 28.4 Å². The molecule has 7 heteroatoms. The summed E-state index contributed by atoms with van der Waals surface area (Å²) < 4.78 is 16.2. The highest BCUT2D eigenvalue weighted by molar-refractivity contribution is 14.0. The Kier molecular flexibility index (Phi) is 10.5. The molecule has 6 nitrogen and oxygen atoms in total. The van der Waals surface area contributed by atoms with Gasteiger partial charge in [0.05, 0.1) is 21.3 Å². The largest absolute Gasteiger partial charge is 0.493 e. The van der Waals surface area contributed by atoms with E-state index in [4.69, 9.17) is 14.2 Å². The summed E-state index contributed by atoms with van der Waals surface area (Å²) in [7, 11) is 6.61. The first-order valence-corrected chi connectivity index (χ1v) is 7.32. The fourth-order valence-corrected chi connectivity index (χ4v) is 2.14. The van der Waals surface area contributed by atoms with Gasteiger partial charge in [-0.3, -0.25) is 4.99 Å². The van der Waals surface area contributed by atoms with Gasteiger partial charge < -0.3 is 24.8 Å². The molecular weight excluding hydrogens is 409 g/mol. The molecule has 0 atom stereocenters. The number of nitrogens with zero attached hydrogens (tertiary/aromatic N) is 1. The molecule has 23 heavy (non-hydrogen) atoms. The molecule has 0 spiro atoms. The lowest BCUT2D eigenvalue weighted by atomic mass is 10.1. The van der Waals surface area contributed by atoms with Crippen molar-refractivity contribution in [2.45, 2.75) is 26.3 Å². The first-order valence-electron chi connectivity index (χ1n) is 7.32. The minimum Gasteiger partial charge on any atom is -0.493 e. The Balaban J connectivity index is 0.00000484. The molecule has 2 N–H and O–H groups in total. The van der Waals surface area contributed by atoms with Gasteiger partial charge >= 0.3 is 0 Å². The third-order valence-electron chi connectivity index (χ3n) is 3.12. The van der Waals surface area contributed by atoms with Gasteiger partial charge in [-0.05, 0) is 26.3 Å². The minimum absolute atomic E-state index is 0. The molecule has 0 aromatic heterocycles. The van der Waals surface area contributed by atoms with Gasteiger partial charge in [0.15, 0.2) is 17.5 Å². The van der Waals surface area contributed by atoms with E-state index in [1.165, 1.54) is 0 Å². The molecule has 0 aliphatic carbocycles. The molecule has 0 saturated carbocycles. The number of benzene rings is 1. The number of hydrogen-bond acceptors (Lipinski definition) is 4. The molecule has 0 amide bonds. The van der Waals surface area contributed by atoms with E-state index >= 15 is 0 Å². The van der Waals surface area contributed by atoms with Crippen molar-refractivity contribution in [3.8, 4) is 17.2 Å². The van der Waals surface area contributed by atoms with Crippen LogP contribution in [0, 0.1) is 0 Å². The normalized spacial score (nSPS) is 10.8. The number of ether oxygens (including phenoxy) is 3. The summed E-state index contributed by atoms with van der Waals surface area (Å²) in [6, 6.07) is 4.21. The van der Waals surface area contributed by atoms with Crippen LogP contribution in [0.3, 0.4) is 0 Å². The quantitative estimate of drug-likeness (QED) is 0.390. The van der Waals surface area contributed by atoms with E-state index in [1.807, 2.05) is 12.1 Å². The van der Waals surface area contributed by atoms with Gasteiger partial charge in [0.1, 0.15) is 0 Å². The predicted molar refractivity (Wildman–Crippen MR) is 105 cm³/mol. The molecule has 0 fully saturated rings. The molecule has 0 aliphatic heterocycles. The zero-order chi connectivity index (χ0) is 16.5. The van der Waals surface area contributed by atoms with Gasteiger partial charge in [-0.15, -0.1) is 24.0 Å². The summed E-state index contributed by atoms with van der Waals surface area (Å²) in [4.78, 5) is 4.18. The number of aliphatic imine (C=N–C) groups is 1. The van der Waals surface area contributed by atoms with E-state index in [0.717, 1.165) is 24.5 Å². The van der Waals surface area contributed by atoms with Gasteiger partial charge in [-0.1, -0.05) is 6.07 Å². The summed E-state index contributed by atoms with van der Waals surface area (Å²) in [6.45, 7) is 4.88. The monoisotopic (exact) mass is 437 g/mol. The number of nitrogens with one attached hydrogen (secondary N) is 2. The zero-order valence-corrected chi connectivity index (χ0v) is 17.1. The molecule has 0 aliphatic rings. The maximum atomic E-state index is 5.48. The topological polar surface area (TPSA) is 64.1 Å². The highest BCUT2D eigenvalue weighted by Gasteiger charge is 2.15. The van der Waals surface area contributed by atoms with Crippen LogP contribution in [-0.2, 0) is 6.42 Å². The van der Waals surface area contributed by atoms with Gasteiger partial charge in [0, 0.05) is 25.2 Å². The third kappa shape index (κ3) is 6.32. The SMILES string of the molecule is CN=C(NCCc1ccc(OC)c(OC)c1OC)NC(C)C.I. The van der Waals surface area contributed by atoms with Crippen molar-refractivity contribution in [1.29, 1.82) is 0 Å². The summed E-state index contributed by atoms with van der Waals surface area (Å²) >= 11 is 0. The molecule has 0 radical (unpaired) electrons. The standard InChI is InChI=1S/C16H27N3O3.HI/c1-11(2)19-16(17-3)18-10-9-12-7-8-13(20-4)15(22-6)14(12)21-5;/h7-8,11H,9-10H2,1-6H3,(H2,17,18,19);1H. The number of rotatable bonds is 7. The van der Waals surface area contributed by atoms with Crippen molar-refractivity contribution in [3.05, 3.63) is 17.7 Å². The van der Waals surface area contributed by atoms with E-state index in [0.29, 0.717) is 23.3 Å². The number of guanidine groups is 1. The lowest BCUT2D eigenvalue weighted by Crippen LogP contribution is -2.41. The van der Waals surface area contributed by atoms with Crippen molar-refractivity contribution in [1.82, 2.24) is 10.6 Å². The van der Waals surface area contributed by atoms with Crippen LogP contribution in [0.1, 0.15) is 19.4 Å². The summed E-state index contributed by atoms with van der Waals surface area (Å²) in [5.41, 5.74) is 1.05. The van der Waals surface area contributed by atoms with Gasteiger partial charge in [0.2, 0.25) is 5.75 Å². The van der Waals surface area contributed by atoms with Crippen molar-refractivity contribution < 1.29 is 14.2 Å². The summed E-state index contributed by atoms with van der Waals surface area (Å²) in [5, 5.41) is 6.53. The summed E-state index contributed by atoms with van der Waals surface area (Å²) in [6.07, 6.45) is 0.780. The zero-order valence-electron chi connectivity index (χ0n) is 14.7. The Morgan fingerprint density at radius 1 is 1.09 bits per heavy atom. The van der Waals surface area contributed by atoms with E-state index in [2.05, 4.69) is 29.5 Å². The maximum Gasteiger partial charge on any atom is 0.203 e. The van der Waals surface area contributed by atoms with Crippen LogP contribution < -0.4 is 24.8 Å². The first kappa shape index (κ1) is 21.6. The van der Waals surface area contributed by atoms with Crippen LogP contribution in [0.5, 0.6) is 17.2 Å². The second kappa shape index (κ2) is 11.2. The molecule has 0 saturated heterocycles. The van der Waals surface area contributed by atoms with E-state index < -0.39 is 0 Å². The minimum atomic E-state index is 0. The fraction of sp³-hybridized carbons (Fsp3) is 0.562. The molecule has 0 bridgehead atoms. The molecule has 0 unspecified atom stereocenters. The predicted octanol–water partition coefficient (Wildman–Crippen LogP) is 2.45. The average molecular weight is 437 g/mol. The Bertz CT molecular complexity index is 508. The second-order valence-corrected chi connectivity index (χ2v) is 5.04. The van der Waals surface area contributed by atoms with Crippen LogP contribution in [0.15, 0.2) is 17.1 Å². The van der Waals surface area contributed by atoms with Gasteiger partial charge in [0.25, 0.3) is 0 Å². The van der Waals surface area contributed by atoms with Crippen molar-refractivity contribution in [2.24, 2.45) is 4.99 Å². The molecule has 0 heterocycles. The average Bonchev–Trinajstić information content (AvgIpc) is 2.52. The molecule has 132 valence electrons. The van der Waals surface area contributed by atoms with Crippen LogP contribution in [-0.4, -0.2) is 46.9 Å². The maximum absolute atomic E-state index is 5.48. The van der Waals surface area contributed by atoms with Gasteiger partial charge in [-0.25, -0.2) is 0 Å². The fourth-order valence-electron chi connectivity index (χ4n) is 2.14. The first-order chi connectivity index (χ1) is 10.6. The highest BCUT2D eigenvalue weighted by Crippen LogP contribution is 2.39. The molecule has 1 aromatic carbocycles. The van der Waals surface area contributed by atoms with Crippen LogP contribution in [0.25, 0.3) is 0 Å². The Morgan fingerprint density at radius 3 is 2.22 bits per heavy atom. The molecular formula is C16H28IN3O3. The number of halogens is 1. The third-order valence-corrected chi connectivity index (χ3v) is 3.12. The Morgan fingerprint density at radius 2 is 1.74 bits per heavy atom. The van der Waals surface area contributed by atoms with Crippen LogP contribution >= 0.6 is 24.0 Å². The van der Waals surface area contributed by atoms with E-state index in [-0.39, 0.29) is 24.0 Å². The van der Waals surface area contributed by atoms with E-state index in [9.17, 15) is 0 Å². The molecule has 1 rings (SSSR count). The van der Waals surface area contributed by atoms with Crippen molar-refractivity contribution in [2.75, 3.05) is 34.9 Å². The highest BCUT2D eigenvalue weighted by atomic mass is 127. The second-order valence-electron chi connectivity index (χ2n) is 5.04. The number of methoxy groups -OCH3 is 3. The summed E-state index contributed by atoms with van der Waals surface area (Å²) in [5.74, 6) is 2.77. The van der Waals surface area contributed by atoms with Crippen LogP contribution in [0.2, 0.25) is 0 Å². The Hall–Kier alpha value is -1.38. The lowest BCUT2D eigenvalue weighted by molar-refractivity contribution is 0.322. The van der Waals surface area contributed by atoms with Crippen molar-refractivity contribution >= 4 is 29.9 Å². The smallest absolute Gasteiger partial charge is 0.203 e. The number of hydrogen-bond donors (Lipinski definition) is 2. The lowest BCUT2D eigenvalue weighted by Gasteiger charge is -2.17. The van der Waals surface area contributed by atoms with Crippen LogP contribution in [0.4, 0.5) is 0 Å². The Labute approximate surface area is 156 Å². The molecule has 1 aromatic rings. The van der Waals surface area contributed by atoms with Crippen molar-refractivity contribution in [3.63, 3.8) is 0 Å².